The number of esters is 1. The minimum atomic E-state index is -4.75. The van der Waals surface area contributed by atoms with Gasteiger partial charge in [-0.15, -0.1) is 0 Å². The molecule has 0 saturated heterocycles. The maximum Gasteiger partial charge on any atom is 0.357 e. The van der Waals surface area contributed by atoms with E-state index in [2.05, 4.69) is 90.1 Å². The number of carbonyl (C=O) groups is 1. The number of carbonyl (C=O) groups excluding carboxylic acids is 1. The number of unbranched alkanes of at least 4 members (excludes halogenated alkanes) is 1. The van der Waals surface area contributed by atoms with Crippen LogP contribution in [0.25, 0.3) is 0 Å². The second kappa shape index (κ2) is 13.8. The van der Waals surface area contributed by atoms with Crippen molar-refractivity contribution in [2.24, 2.45) is 0 Å². The van der Waals surface area contributed by atoms with Gasteiger partial charge in [-0.1, -0.05) is 79.2 Å². The van der Waals surface area contributed by atoms with Crippen molar-refractivity contribution in [2.75, 3.05) is 6.61 Å². The Balaban J connectivity index is 0.000000277. The van der Waals surface area contributed by atoms with Gasteiger partial charge in [0.15, 0.2) is 7.14 Å². The highest BCUT2D eigenvalue weighted by molar-refractivity contribution is 7.85. The van der Waals surface area contributed by atoms with Crippen LogP contribution < -0.4 is 21.2 Å². The van der Waals surface area contributed by atoms with Crippen molar-refractivity contribution >= 4 is 16.1 Å². The van der Waals surface area contributed by atoms with Gasteiger partial charge in [0.25, 0.3) is 0 Å². The van der Waals surface area contributed by atoms with Crippen LogP contribution in [-0.2, 0) is 25.7 Å². The highest BCUT2D eigenvalue weighted by Crippen LogP contribution is 2.24. The predicted octanol–water partition coefficient (Wildman–Crippen LogP) is 3.66. The van der Waals surface area contributed by atoms with Gasteiger partial charge in [0.1, 0.15) is 15.9 Å². The van der Waals surface area contributed by atoms with Gasteiger partial charge in [0, 0.05) is 0 Å². The van der Waals surface area contributed by atoms with Gasteiger partial charge in [0.05, 0.1) is 17.1 Å². The molecule has 0 amide bonds. The first kappa shape index (κ1) is 32.8. The molecule has 0 aliphatic carbocycles. The minimum absolute atomic E-state index is 0.00370. The fraction of sp³-hybridized carbons (Fsp3) is 0.387. The number of ether oxygens (including phenoxy) is 1. The van der Waals surface area contributed by atoms with E-state index in [0.717, 1.165) is 24.6 Å². The van der Waals surface area contributed by atoms with Gasteiger partial charge in [-0.3, -0.25) is 0 Å². The maximum absolute atomic E-state index is 11.5. The van der Waals surface area contributed by atoms with Crippen LogP contribution in [0.3, 0.4) is 0 Å². The zero-order chi connectivity index (χ0) is 29.4. The lowest BCUT2D eigenvalue weighted by molar-refractivity contribution is -0.597. The largest absolute Gasteiger partial charge is 0.744 e. The molecule has 3 aromatic rings. The number of hydrogen-bond acceptors (Lipinski definition) is 6. The van der Waals surface area contributed by atoms with Crippen molar-refractivity contribution in [1.29, 1.82) is 0 Å². The molecule has 0 aromatic heterocycles. The third-order valence-electron chi connectivity index (χ3n) is 5.83. The average molecular weight is 667 g/mol. The lowest BCUT2D eigenvalue weighted by atomic mass is 9.87. The molecule has 0 saturated carbocycles. The number of phenolic OH excluding ortho intramolecular Hbond substituents is 1. The van der Waals surface area contributed by atoms with Gasteiger partial charge in [-0.25, -0.2) is 13.2 Å². The Morgan fingerprint density at radius 1 is 0.846 bits per heavy atom. The van der Waals surface area contributed by atoms with E-state index in [1.807, 2.05) is 6.92 Å². The zero-order valence-electron chi connectivity index (χ0n) is 23.7. The van der Waals surface area contributed by atoms with Crippen LogP contribution >= 0.6 is 0 Å². The van der Waals surface area contributed by atoms with Crippen molar-refractivity contribution in [1.82, 2.24) is 0 Å². The summed E-state index contributed by atoms with van der Waals surface area (Å²) in [6, 6.07) is 21.3. The van der Waals surface area contributed by atoms with E-state index in [1.165, 1.54) is 18.3 Å². The Labute approximate surface area is 243 Å². The standard InChI is InChI=1S/C20H26I.C11H14O6S/c1-19(2,3)15-7-11-17(12-8-15)21-18-13-9-16(10-14-18)20(4,5)6;1-2-3-6-17-11(13)8-4-5-10(9(12)7-8)18(14,15)16/h7-14H,1-6H3;4-5,7,12H,2-3,6H2,1H3,(H,14,15,16)/q+1;/p-1. The van der Waals surface area contributed by atoms with E-state index in [4.69, 9.17) is 4.74 Å². The number of aromatic hydroxyl groups is 1. The second-order valence-corrected chi connectivity index (χ2v) is 15.6. The Kier molecular flexibility index (Phi) is 11.6. The van der Waals surface area contributed by atoms with Crippen LogP contribution in [-0.4, -0.2) is 30.7 Å². The fourth-order valence-corrected chi connectivity index (χ4v) is 6.11. The number of halogens is 1. The van der Waals surface area contributed by atoms with E-state index in [9.17, 15) is 22.9 Å². The first-order valence-electron chi connectivity index (χ1n) is 12.8. The zero-order valence-corrected chi connectivity index (χ0v) is 26.7. The summed E-state index contributed by atoms with van der Waals surface area (Å²) in [5.41, 5.74) is 3.31. The van der Waals surface area contributed by atoms with Crippen molar-refractivity contribution < 1.29 is 48.8 Å². The van der Waals surface area contributed by atoms with Gasteiger partial charge >= 0.3 is 27.2 Å². The van der Waals surface area contributed by atoms with E-state index in [-0.39, 0.29) is 44.2 Å². The first-order chi connectivity index (χ1) is 18.0. The van der Waals surface area contributed by atoms with Crippen molar-refractivity contribution in [3.63, 3.8) is 0 Å². The SMILES string of the molecule is CC(C)(C)c1ccc([I+]c2ccc(C(C)(C)C)cc2)cc1.CCCCOC(=O)c1ccc(S(=O)(=O)[O-])c(O)c1. The summed E-state index contributed by atoms with van der Waals surface area (Å²) in [5, 5.41) is 9.36. The molecule has 0 radical (unpaired) electrons. The smallest absolute Gasteiger partial charge is 0.357 e. The van der Waals surface area contributed by atoms with Gasteiger partial charge in [-0.05, 0) is 70.8 Å². The van der Waals surface area contributed by atoms with Gasteiger partial charge < -0.3 is 14.4 Å². The topological polar surface area (TPSA) is 104 Å². The summed E-state index contributed by atoms with van der Waals surface area (Å²) in [5.74, 6) is -1.43. The van der Waals surface area contributed by atoms with E-state index in [0.29, 0.717) is 6.42 Å². The number of phenols is 1. The molecule has 0 atom stereocenters. The summed E-state index contributed by atoms with van der Waals surface area (Å²) < 4.78 is 40.0. The Morgan fingerprint density at radius 3 is 1.67 bits per heavy atom. The third-order valence-corrected chi connectivity index (χ3v) is 9.40. The molecule has 0 heterocycles. The molecule has 0 spiro atoms. The van der Waals surface area contributed by atoms with Crippen LogP contribution in [0.15, 0.2) is 71.6 Å². The molecule has 0 bridgehead atoms. The minimum Gasteiger partial charge on any atom is -0.744 e. The van der Waals surface area contributed by atoms with E-state index < -0.39 is 26.7 Å². The Hall–Kier alpha value is -2.43. The summed E-state index contributed by atoms with van der Waals surface area (Å²) in [4.78, 5) is 10.7. The van der Waals surface area contributed by atoms with E-state index >= 15 is 0 Å². The van der Waals surface area contributed by atoms with Gasteiger partial charge in [-0.2, -0.15) is 0 Å². The predicted molar refractivity (Wildman–Crippen MR) is 149 cm³/mol. The average Bonchev–Trinajstić information content (AvgIpc) is 2.83. The molecule has 39 heavy (non-hydrogen) atoms. The molecule has 0 aliphatic rings. The number of rotatable bonds is 7. The molecule has 0 fully saturated rings. The molecule has 8 heteroatoms. The molecule has 3 aromatic carbocycles. The number of benzene rings is 3. The first-order valence-corrected chi connectivity index (χ1v) is 16.4. The molecule has 0 unspecified atom stereocenters. The molecule has 212 valence electrons. The summed E-state index contributed by atoms with van der Waals surface area (Å²) >= 11 is -0.0703. The lowest BCUT2D eigenvalue weighted by Gasteiger charge is -2.18. The molecular formula is C31H39IO6S. The molecular weight excluding hydrogens is 627 g/mol. The van der Waals surface area contributed by atoms with Gasteiger partial charge in [0.2, 0.25) is 0 Å². The third kappa shape index (κ3) is 10.6. The highest BCUT2D eigenvalue weighted by atomic mass is 127. The monoisotopic (exact) mass is 666 g/mol. The van der Waals surface area contributed by atoms with E-state index in [1.54, 1.807) is 0 Å². The summed E-state index contributed by atoms with van der Waals surface area (Å²) in [7, 11) is -4.75. The van der Waals surface area contributed by atoms with Crippen molar-refractivity contribution in [3.05, 3.63) is 90.6 Å². The van der Waals surface area contributed by atoms with Crippen LogP contribution in [0.5, 0.6) is 5.75 Å². The molecule has 3 rings (SSSR count). The second-order valence-electron chi connectivity index (χ2n) is 11.2. The highest BCUT2D eigenvalue weighted by Gasteiger charge is 2.20. The number of hydrogen-bond donors (Lipinski definition) is 1. The van der Waals surface area contributed by atoms with Crippen LogP contribution in [0.1, 0.15) is 82.8 Å². The van der Waals surface area contributed by atoms with Crippen LogP contribution in [0.2, 0.25) is 0 Å². The summed E-state index contributed by atoms with van der Waals surface area (Å²) in [6.07, 6.45) is 1.58. The summed E-state index contributed by atoms with van der Waals surface area (Å²) in [6.45, 7) is 15.8. The Morgan fingerprint density at radius 2 is 1.31 bits per heavy atom. The molecule has 6 nitrogen and oxygen atoms in total. The maximum atomic E-state index is 11.5. The molecule has 1 N–H and O–H groups in total. The van der Waals surface area contributed by atoms with Crippen LogP contribution in [0.4, 0.5) is 0 Å². The van der Waals surface area contributed by atoms with Crippen molar-refractivity contribution in [2.45, 2.75) is 77.0 Å². The molecule has 0 aliphatic heterocycles. The van der Waals surface area contributed by atoms with Crippen LogP contribution in [0, 0.1) is 7.14 Å². The quantitative estimate of drug-likeness (QED) is 0.179. The fourth-order valence-electron chi connectivity index (χ4n) is 3.40. The Bertz CT molecular complexity index is 1280. The van der Waals surface area contributed by atoms with Crippen molar-refractivity contribution in [3.8, 4) is 5.75 Å². The normalized spacial score (nSPS) is 11.9. The lowest BCUT2D eigenvalue weighted by Crippen LogP contribution is -3.61.